The zero-order valence-electron chi connectivity index (χ0n) is 9.77. The van der Waals surface area contributed by atoms with Crippen LogP contribution < -0.4 is 5.32 Å². The van der Waals surface area contributed by atoms with Gasteiger partial charge in [0.05, 0.1) is 5.02 Å². The van der Waals surface area contributed by atoms with Gasteiger partial charge in [0.25, 0.3) is 5.91 Å². The summed E-state index contributed by atoms with van der Waals surface area (Å²) in [6.45, 7) is 2.40. The van der Waals surface area contributed by atoms with Gasteiger partial charge >= 0.3 is 0 Å². The van der Waals surface area contributed by atoms with Gasteiger partial charge in [0.1, 0.15) is 4.88 Å². The van der Waals surface area contributed by atoms with Gasteiger partial charge in [0, 0.05) is 19.4 Å². The van der Waals surface area contributed by atoms with Crippen LogP contribution in [0.1, 0.15) is 28.3 Å². The summed E-state index contributed by atoms with van der Waals surface area (Å²) in [5.41, 5.74) is 0. The predicted molar refractivity (Wildman–Crippen MR) is 69.0 cm³/mol. The van der Waals surface area contributed by atoms with Crippen molar-refractivity contribution in [2.75, 3.05) is 6.54 Å². The van der Waals surface area contributed by atoms with E-state index < -0.39 is 0 Å². The molecule has 2 aromatic rings. The van der Waals surface area contributed by atoms with Crippen molar-refractivity contribution in [3.63, 3.8) is 0 Å². The topological polar surface area (TPSA) is 68.0 Å². The normalized spacial score (nSPS) is 10.6. The van der Waals surface area contributed by atoms with Gasteiger partial charge in [-0.05, 0) is 11.4 Å². The first-order valence-corrected chi connectivity index (χ1v) is 6.79. The molecule has 0 spiro atoms. The molecule has 1 N–H and O–H groups in total. The minimum absolute atomic E-state index is 0.176. The molecule has 5 nitrogen and oxygen atoms in total. The van der Waals surface area contributed by atoms with Crippen molar-refractivity contribution in [2.24, 2.45) is 0 Å². The van der Waals surface area contributed by atoms with Crippen LogP contribution in [-0.2, 0) is 12.8 Å². The average Bonchev–Trinajstić information content (AvgIpc) is 2.97. The summed E-state index contributed by atoms with van der Waals surface area (Å²) in [6, 6.07) is 1.70. The number of amides is 1. The van der Waals surface area contributed by atoms with E-state index in [0.29, 0.717) is 34.6 Å². The quantitative estimate of drug-likeness (QED) is 0.915. The number of carbonyl (C=O) groups excluding carboxylic acids is 1. The summed E-state index contributed by atoms with van der Waals surface area (Å²) in [5.74, 6) is 1.03. The molecular formula is C11H12ClN3O2S. The maximum atomic E-state index is 11.7. The Bertz CT molecular complexity index is 538. The number of hydrogen-bond acceptors (Lipinski definition) is 5. The maximum absolute atomic E-state index is 11.7. The second-order valence-electron chi connectivity index (χ2n) is 3.56. The predicted octanol–water partition coefficient (Wildman–Crippen LogP) is 2.32. The molecule has 18 heavy (non-hydrogen) atoms. The van der Waals surface area contributed by atoms with Gasteiger partial charge in [-0.3, -0.25) is 4.79 Å². The fraction of sp³-hybridized carbons (Fsp3) is 0.364. The number of aryl methyl sites for hydroxylation is 1. The highest BCUT2D eigenvalue weighted by molar-refractivity contribution is 7.12. The van der Waals surface area contributed by atoms with Crippen molar-refractivity contribution in [1.82, 2.24) is 15.5 Å². The highest BCUT2D eigenvalue weighted by atomic mass is 35.5. The van der Waals surface area contributed by atoms with Gasteiger partial charge in [0.2, 0.25) is 5.89 Å². The molecule has 0 saturated heterocycles. The van der Waals surface area contributed by atoms with E-state index in [9.17, 15) is 4.79 Å². The highest BCUT2D eigenvalue weighted by Crippen LogP contribution is 2.21. The fourth-order valence-corrected chi connectivity index (χ4v) is 2.41. The van der Waals surface area contributed by atoms with Gasteiger partial charge in [-0.2, -0.15) is 4.98 Å². The summed E-state index contributed by atoms with van der Waals surface area (Å²) in [7, 11) is 0. The van der Waals surface area contributed by atoms with E-state index in [0.717, 1.165) is 6.42 Å². The van der Waals surface area contributed by atoms with Gasteiger partial charge in [0.15, 0.2) is 5.82 Å². The number of nitrogens with one attached hydrogen (secondary N) is 1. The Kier molecular flexibility index (Phi) is 4.33. The molecule has 0 aromatic carbocycles. The lowest BCUT2D eigenvalue weighted by atomic mass is 10.4. The van der Waals surface area contributed by atoms with Gasteiger partial charge in [-0.15, -0.1) is 11.3 Å². The molecule has 0 unspecified atom stereocenters. The molecule has 0 aliphatic heterocycles. The molecule has 0 radical (unpaired) electrons. The molecule has 7 heteroatoms. The molecular weight excluding hydrogens is 274 g/mol. The van der Waals surface area contributed by atoms with E-state index in [1.165, 1.54) is 11.3 Å². The van der Waals surface area contributed by atoms with Crippen molar-refractivity contribution in [1.29, 1.82) is 0 Å². The van der Waals surface area contributed by atoms with Gasteiger partial charge in [-0.1, -0.05) is 23.7 Å². The van der Waals surface area contributed by atoms with E-state index >= 15 is 0 Å². The summed E-state index contributed by atoms with van der Waals surface area (Å²) in [4.78, 5) is 16.4. The van der Waals surface area contributed by atoms with E-state index in [4.69, 9.17) is 16.1 Å². The van der Waals surface area contributed by atoms with Crippen LogP contribution in [0.25, 0.3) is 0 Å². The molecule has 0 aliphatic rings. The maximum Gasteiger partial charge on any atom is 0.262 e. The molecule has 2 rings (SSSR count). The number of thiophene rings is 1. The number of nitrogens with zero attached hydrogens (tertiary/aromatic N) is 2. The Hall–Kier alpha value is -1.40. The van der Waals surface area contributed by atoms with E-state index in [1.807, 2.05) is 6.92 Å². The second kappa shape index (κ2) is 5.97. The third-order valence-corrected chi connectivity index (χ3v) is 3.61. The largest absolute Gasteiger partial charge is 0.351 e. The monoisotopic (exact) mass is 285 g/mol. The van der Waals surface area contributed by atoms with Crippen LogP contribution in [0.5, 0.6) is 0 Å². The van der Waals surface area contributed by atoms with Crippen LogP contribution in [0.3, 0.4) is 0 Å². The molecule has 0 fully saturated rings. The number of rotatable bonds is 5. The second-order valence-corrected chi connectivity index (χ2v) is 4.88. The zero-order chi connectivity index (χ0) is 13.0. The van der Waals surface area contributed by atoms with Crippen molar-refractivity contribution in [3.8, 4) is 0 Å². The SMILES string of the molecule is CCc1noc(CCNC(=O)c2sccc2Cl)n1. The van der Waals surface area contributed by atoms with Crippen LogP contribution in [0.15, 0.2) is 16.0 Å². The van der Waals surface area contributed by atoms with Crippen molar-refractivity contribution in [3.05, 3.63) is 33.1 Å². The van der Waals surface area contributed by atoms with E-state index in [-0.39, 0.29) is 5.91 Å². The number of halogens is 1. The molecule has 0 bridgehead atoms. The highest BCUT2D eigenvalue weighted by Gasteiger charge is 2.11. The number of carbonyl (C=O) groups is 1. The van der Waals surface area contributed by atoms with Crippen molar-refractivity contribution < 1.29 is 9.32 Å². The molecule has 0 atom stereocenters. The summed E-state index contributed by atoms with van der Waals surface area (Å²) < 4.78 is 5.02. The Morgan fingerprint density at radius 1 is 1.61 bits per heavy atom. The minimum Gasteiger partial charge on any atom is -0.351 e. The van der Waals surface area contributed by atoms with Crippen molar-refractivity contribution >= 4 is 28.8 Å². The lowest BCUT2D eigenvalue weighted by molar-refractivity contribution is 0.0957. The molecule has 2 heterocycles. The Balaban J connectivity index is 1.82. The first-order valence-electron chi connectivity index (χ1n) is 5.53. The zero-order valence-corrected chi connectivity index (χ0v) is 11.3. The Morgan fingerprint density at radius 3 is 3.06 bits per heavy atom. The molecule has 0 aliphatic carbocycles. The summed E-state index contributed by atoms with van der Waals surface area (Å²) in [5, 5.41) is 8.80. The standard InChI is InChI=1S/C11H12ClN3O2S/c1-2-8-14-9(17-15-8)3-5-13-11(16)10-7(12)4-6-18-10/h4,6H,2-3,5H2,1H3,(H,13,16). The van der Waals surface area contributed by atoms with Crippen LogP contribution in [0.4, 0.5) is 0 Å². The third kappa shape index (κ3) is 3.08. The first-order chi connectivity index (χ1) is 8.70. The molecule has 0 saturated carbocycles. The number of hydrogen-bond donors (Lipinski definition) is 1. The lowest BCUT2D eigenvalue weighted by Crippen LogP contribution is -2.25. The smallest absolute Gasteiger partial charge is 0.262 e. The Labute approximate surface area is 113 Å². The van der Waals surface area contributed by atoms with Crippen LogP contribution in [0, 0.1) is 0 Å². The van der Waals surface area contributed by atoms with Crippen LogP contribution >= 0.6 is 22.9 Å². The van der Waals surface area contributed by atoms with Crippen LogP contribution in [-0.4, -0.2) is 22.6 Å². The van der Waals surface area contributed by atoms with E-state index in [1.54, 1.807) is 11.4 Å². The third-order valence-electron chi connectivity index (χ3n) is 2.27. The molecule has 2 aromatic heterocycles. The van der Waals surface area contributed by atoms with Crippen molar-refractivity contribution in [2.45, 2.75) is 19.8 Å². The first kappa shape index (κ1) is 13.0. The average molecular weight is 286 g/mol. The molecule has 96 valence electrons. The van der Waals surface area contributed by atoms with Gasteiger partial charge < -0.3 is 9.84 Å². The minimum atomic E-state index is -0.176. The Morgan fingerprint density at radius 2 is 2.44 bits per heavy atom. The molecule has 1 amide bonds. The lowest BCUT2D eigenvalue weighted by Gasteiger charge is -2.01. The van der Waals surface area contributed by atoms with E-state index in [2.05, 4.69) is 15.5 Å². The fourth-order valence-electron chi connectivity index (χ4n) is 1.35. The summed E-state index contributed by atoms with van der Waals surface area (Å²) >= 11 is 7.18. The van der Waals surface area contributed by atoms with Crippen LogP contribution in [0.2, 0.25) is 5.02 Å². The number of aromatic nitrogens is 2. The summed E-state index contributed by atoms with van der Waals surface area (Å²) in [6.07, 6.45) is 1.25. The van der Waals surface area contributed by atoms with Gasteiger partial charge in [-0.25, -0.2) is 0 Å².